The molecule has 1 amide bonds. The van der Waals surface area contributed by atoms with Crippen LogP contribution in [0.3, 0.4) is 0 Å². The molecule has 0 unspecified atom stereocenters. The van der Waals surface area contributed by atoms with Crippen LogP contribution in [0.4, 0.5) is 0 Å². The maximum absolute atomic E-state index is 12.2. The summed E-state index contributed by atoms with van der Waals surface area (Å²) in [6, 6.07) is 0. The number of hydrogen-bond acceptors (Lipinski definition) is 3. The highest BCUT2D eigenvalue weighted by Gasteiger charge is 2.43. The molecule has 19 heavy (non-hydrogen) atoms. The molecular formula is C14H25NO4. The number of carbonyl (C=O) groups excluding carboxylic acids is 1. The van der Waals surface area contributed by atoms with E-state index in [4.69, 9.17) is 4.74 Å². The van der Waals surface area contributed by atoms with Gasteiger partial charge in [-0.2, -0.15) is 0 Å². The maximum Gasteiger partial charge on any atom is 0.309 e. The van der Waals surface area contributed by atoms with Crippen molar-refractivity contribution in [3.05, 3.63) is 0 Å². The van der Waals surface area contributed by atoms with E-state index < -0.39 is 17.0 Å². The molecule has 1 fully saturated rings. The zero-order valence-electron chi connectivity index (χ0n) is 12.4. The Kier molecular flexibility index (Phi) is 4.96. The second-order valence-electron chi connectivity index (χ2n) is 5.84. The zero-order chi connectivity index (χ0) is 14.7. The van der Waals surface area contributed by atoms with Gasteiger partial charge in [-0.1, -0.05) is 13.3 Å². The van der Waals surface area contributed by atoms with Crippen LogP contribution >= 0.6 is 0 Å². The Morgan fingerprint density at radius 2 is 1.84 bits per heavy atom. The molecule has 0 radical (unpaired) electrons. The summed E-state index contributed by atoms with van der Waals surface area (Å²) in [7, 11) is 1.51. The van der Waals surface area contributed by atoms with Gasteiger partial charge < -0.3 is 14.7 Å². The summed E-state index contributed by atoms with van der Waals surface area (Å²) < 4.78 is 5.19. The van der Waals surface area contributed by atoms with Crippen LogP contribution in [0.1, 0.15) is 46.5 Å². The Hall–Kier alpha value is -1.10. The predicted octanol–water partition coefficient (Wildman–Crippen LogP) is 1.90. The first-order valence-electron chi connectivity index (χ1n) is 6.87. The first kappa shape index (κ1) is 16.0. The van der Waals surface area contributed by atoms with Crippen molar-refractivity contribution in [3.8, 4) is 0 Å². The highest BCUT2D eigenvalue weighted by molar-refractivity contribution is 5.85. The van der Waals surface area contributed by atoms with Crippen molar-refractivity contribution in [1.29, 1.82) is 0 Å². The molecule has 110 valence electrons. The smallest absolute Gasteiger partial charge is 0.309 e. The first-order chi connectivity index (χ1) is 8.79. The second-order valence-corrected chi connectivity index (χ2v) is 5.84. The van der Waals surface area contributed by atoms with Gasteiger partial charge in [-0.3, -0.25) is 9.59 Å². The number of nitrogens with zero attached hydrogens (tertiary/aromatic N) is 1. The quantitative estimate of drug-likeness (QED) is 0.829. The second kappa shape index (κ2) is 5.90. The van der Waals surface area contributed by atoms with E-state index in [1.807, 2.05) is 6.92 Å². The first-order valence-corrected chi connectivity index (χ1v) is 6.87. The molecule has 0 aliphatic carbocycles. The Bertz CT molecular complexity index is 343. The number of hydrogen-bond donors (Lipinski definition) is 1. The normalized spacial score (nSPS) is 19.3. The van der Waals surface area contributed by atoms with Crippen LogP contribution in [-0.2, 0) is 14.3 Å². The van der Waals surface area contributed by atoms with Crippen molar-refractivity contribution >= 4 is 11.9 Å². The number of carbonyl (C=O) groups is 2. The van der Waals surface area contributed by atoms with Gasteiger partial charge in [-0.25, -0.2) is 0 Å². The molecule has 1 aliphatic rings. The van der Waals surface area contributed by atoms with E-state index in [0.717, 1.165) is 6.42 Å². The molecule has 1 N–H and O–H groups in total. The summed E-state index contributed by atoms with van der Waals surface area (Å²) >= 11 is 0. The maximum atomic E-state index is 12.2. The molecule has 0 bridgehead atoms. The average molecular weight is 271 g/mol. The third kappa shape index (κ3) is 3.26. The van der Waals surface area contributed by atoms with Crippen molar-refractivity contribution in [2.75, 3.05) is 20.2 Å². The lowest BCUT2D eigenvalue weighted by molar-refractivity contribution is -0.160. The standard InChI is InChI=1S/C14H25NO4/c1-5-6-14(12(17)18)7-9-15(10-8-14)11(16)13(2,3)19-4/h5-10H2,1-4H3,(H,17,18). The summed E-state index contributed by atoms with van der Waals surface area (Å²) in [6.45, 7) is 6.47. The highest BCUT2D eigenvalue weighted by atomic mass is 16.5. The van der Waals surface area contributed by atoms with Gasteiger partial charge in [-0.15, -0.1) is 0 Å². The minimum absolute atomic E-state index is 0.0644. The topological polar surface area (TPSA) is 66.8 Å². The molecule has 0 aromatic rings. The average Bonchev–Trinajstić information content (AvgIpc) is 2.39. The van der Waals surface area contributed by atoms with E-state index in [0.29, 0.717) is 32.4 Å². The summed E-state index contributed by atoms with van der Waals surface area (Å²) in [5.74, 6) is -0.794. The molecule has 1 aliphatic heterocycles. The van der Waals surface area contributed by atoms with E-state index in [1.54, 1.807) is 18.7 Å². The van der Waals surface area contributed by atoms with Gasteiger partial charge in [-0.05, 0) is 33.1 Å². The van der Waals surface area contributed by atoms with E-state index >= 15 is 0 Å². The summed E-state index contributed by atoms with van der Waals surface area (Å²) in [4.78, 5) is 25.4. The van der Waals surface area contributed by atoms with Crippen LogP contribution in [0.25, 0.3) is 0 Å². The SMILES string of the molecule is CCCC1(C(=O)O)CCN(C(=O)C(C)(C)OC)CC1. The fraction of sp³-hybridized carbons (Fsp3) is 0.857. The fourth-order valence-corrected chi connectivity index (χ4v) is 2.66. The van der Waals surface area contributed by atoms with Gasteiger partial charge in [0.05, 0.1) is 5.41 Å². The van der Waals surface area contributed by atoms with Crippen molar-refractivity contribution in [2.24, 2.45) is 5.41 Å². The van der Waals surface area contributed by atoms with Crippen molar-refractivity contribution in [2.45, 2.75) is 52.1 Å². The molecule has 1 rings (SSSR count). The number of methoxy groups -OCH3 is 1. The van der Waals surface area contributed by atoms with Gasteiger partial charge in [0, 0.05) is 20.2 Å². The number of rotatable bonds is 5. The van der Waals surface area contributed by atoms with Crippen LogP contribution in [0.5, 0.6) is 0 Å². The Balaban J connectivity index is 2.71. The largest absolute Gasteiger partial charge is 0.481 e. The highest BCUT2D eigenvalue weighted by Crippen LogP contribution is 2.37. The minimum Gasteiger partial charge on any atom is -0.481 e. The fourth-order valence-electron chi connectivity index (χ4n) is 2.66. The minimum atomic E-state index is -0.839. The summed E-state index contributed by atoms with van der Waals surface area (Å²) in [6.07, 6.45) is 2.59. The molecule has 0 atom stereocenters. The van der Waals surface area contributed by atoms with Crippen molar-refractivity contribution < 1.29 is 19.4 Å². The van der Waals surface area contributed by atoms with Gasteiger partial charge >= 0.3 is 5.97 Å². The third-order valence-electron chi connectivity index (χ3n) is 4.22. The van der Waals surface area contributed by atoms with E-state index in [2.05, 4.69) is 0 Å². The molecule has 0 aromatic carbocycles. The Labute approximate surface area is 114 Å². The van der Waals surface area contributed by atoms with Crippen molar-refractivity contribution in [1.82, 2.24) is 4.90 Å². The molecular weight excluding hydrogens is 246 g/mol. The number of amides is 1. The number of ether oxygens (including phenoxy) is 1. The van der Waals surface area contributed by atoms with Crippen LogP contribution < -0.4 is 0 Å². The number of carboxylic acids is 1. The molecule has 5 nitrogen and oxygen atoms in total. The third-order valence-corrected chi connectivity index (χ3v) is 4.22. The van der Waals surface area contributed by atoms with Gasteiger partial charge in [0.1, 0.15) is 5.60 Å². The van der Waals surface area contributed by atoms with Crippen LogP contribution in [0, 0.1) is 5.41 Å². The van der Waals surface area contributed by atoms with Crippen LogP contribution in [0.15, 0.2) is 0 Å². The number of likely N-dealkylation sites (tertiary alicyclic amines) is 1. The number of aliphatic carboxylic acids is 1. The lowest BCUT2D eigenvalue weighted by atomic mass is 9.75. The number of carboxylic acid groups (broad SMARTS) is 1. The Morgan fingerprint density at radius 1 is 1.32 bits per heavy atom. The molecule has 1 saturated heterocycles. The summed E-state index contributed by atoms with van der Waals surface area (Å²) in [5.41, 5.74) is -1.49. The number of piperidine rings is 1. The van der Waals surface area contributed by atoms with Crippen molar-refractivity contribution in [3.63, 3.8) is 0 Å². The molecule has 0 saturated carbocycles. The van der Waals surface area contributed by atoms with Gasteiger partial charge in [0.15, 0.2) is 0 Å². The zero-order valence-corrected chi connectivity index (χ0v) is 12.4. The molecule has 0 aromatic heterocycles. The van der Waals surface area contributed by atoms with E-state index in [-0.39, 0.29) is 5.91 Å². The van der Waals surface area contributed by atoms with Gasteiger partial charge in [0.2, 0.25) is 0 Å². The molecule has 0 spiro atoms. The van der Waals surface area contributed by atoms with E-state index in [9.17, 15) is 14.7 Å². The van der Waals surface area contributed by atoms with Crippen LogP contribution in [0.2, 0.25) is 0 Å². The summed E-state index contributed by atoms with van der Waals surface area (Å²) in [5, 5.41) is 9.42. The Morgan fingerprint density at radius 3 is 2.21 bits per heavy atom. The lowest BCUT2D eigenvalue weighted by Crippen LogP contribution is -2.52. The molecule has 1 heterocycles. The monoisotopic (exact) mass is 271 g/mol. The predicted molar refractivity (Wildman–Crippen MR) is 71.9 cm³/mol. The van der Waals surface area contributed by atoms with Gasteiger partial charge in [0.25, 0.3) is 5.91 Å². The van der Waals surface area contributed by atoms with E-state index in [1.165, 1.54) is 7.11 Å². The molecule has 5 heteroatoms. The lowest BCUT2D eigenvalue weighted by Gasteiger charge is -2.41. The van der Waals surface area contributed by atoms with Crippen LogP contribution in [-0.4, -0.2) is 47.7 Å².